The predicted octanol–water partition coefficient (Wildman–Crippen LogP) is 13.0. The lowest BCUT2D eigenvalue weighted by atomic mass is 9.81. The topological polar surface area (TPSA) is 30.7 Å². The first-order chi connectivity index (χ1) is 25.7. The van der Waals surface area contributed by atoms with Crippen molar-refractivity contribution >= 4 is 72.5 Å². The van der Waals surface area contributed by atoms with Gasteiger partial charge in [-0.3, -0.25) is 0 Å². The standard InChI is InChI=1S/C49H35N3/c1-3-16-35-34(4-2)44-38-21-10-11-22-39(38)48-46(45(44)37-20-9-8-19-36(35)37)41-24-13-15-26-43(41)52(48)33-29-27-32(28-30-33)49-50-42-25-14-12-23-40(42)47(51-49)31-17-6-5-7-18-31/h3-8,10-19,21-30H,2,9,20H2,1H3/b16-3-. The van der Waals surface area contributed by atoms with Crippen molar-refractivity contribution in [2.45, 2.75) is 19.8 Å². The molecule has 52 heavy (non-hydrogen) atoms. The Morgan fingerprint density at radius 1 is 0.635 bits per heavy atom. The minimum atomic E-state index is 0.719. The van der Waals surface area contributed by atoms with Crippen LogP contribution in [0.15, 0.2) is 146 Å². The van der Waals surface area contributed by atoms with Gasteiger partial charge in [0.1, 0.15) is 0 Å². The average molecular weight is 666 g/mol. The van der Waals surface area contributed by atoms with Crippen LogP contribution in [0.1, 0.15) is 35.6 Å². The second kappa shape index (κ2) is 12.0. The van der Waals surface area contributed by atoms with Crippen LogP contribution in [0.2, 0.25) is 0 Å². The van der Waals surface area contributed by atoms with Gasteiger partial charge in [-0.1, -0.05) is 128 Å². The third-order valence-electron chi connectivity index (χ3n) is 10.7. The summed E-state index contributed by atoms with van der Waals surface area (Å²) in [5, 5.41) is 8.74. The van der Waals surface area contributed by atoms with E-state index in [4.69, 9.17) is 9.97 Å². The highest BCUT2D eigenvalue weighted by Crippen LogP contribution is 2.48. The van der Waals surface area contributed by atoms with Gasteiger partial charge in [-0.25, -0.2) is 9.97 Å². The lowest BCUT2D eigenvalue weighted by Crippen LogP contribution is -2.03. The molecule has 246 valence electrons. The quantitative estimate of drug-likeness (QED) is 0.171. The van der Waals surface area contributed by atoms with E-state index in [0.717, 1.165) is 52.1 Å². The Kier molecular flexibility index (Phi) is 7.00. The number of benzene rings is 7. The molecule has 10 rings (SSSR count). The smallest absolute Gasteiger partial charge is 0.160 e. The van der Waals surface area contributed by atoms with Gasteiger partial charge < -0.3 is 4.57 Å². The molecule has 9 aromatic rings. The van der Waals surface area contributed by atoms with E-state index < -0.39 is 0 Å². The number of hydrogen-bond acceptors (Lipinski definition) is 2. The van der Waals surface area contributed by atoms with Crippen LogP contribution < -0.4 is 0 Å². The molecule has 2 heterocycles. The maximum absolute atomic E-state index is 5.15. The molecule has 2 aromatic heterocycles. The number of allylic oxidation sites excluding steroid dienone is 2. The molecule has 3 heteroatoms. The van der Waals surface area contributed by atoms with Gasteiger partial charge in [0.05, 0.1) is 22.2 Å². The monoisotopic (exact) mass is 665 g/mol. The molecule has 0 unspecified atom stereocenters. The van der Waals surface area contributed by atoms with Gasteiger partial charge in [-0.05, 0) is 94.6 Å². The molecule has 0 fully saturated rings. The molecule has 0 bridgehead atoms. The van der Waals surface area contributed by atoms with E-state index >= 15 is 0 Å². The van der Waals surface area contributed by atoms with Gasteiger partial charge in [0.25, 0.3) is 0 Å². The first-order valence-corrected chi connectivity index (χ1v) is 18.1. The molecule has 0 aliphatic heterocycles. The third kappa shape index (κ3) is 4.46. The SMILES string of the molecule is C=Cc1c(/C=C\C)c2c(c3c1c1ccccc1c1c3c3ccccc3n1-c1ccc(-c3nc(-c4ccccc4)c4ccccc4n3)cc1)CCC=C2. The van der Waals surface area contributed by atoms with Gasteiger partial charge >= 0.3 is 0 Å². The highest BCUT2D eigenvalue weighted by atomic mass is 15.0. The van der Waals surface area contributed by atoms with E-state index in [1.54, 1.807) is 0 Å². The fourth-order valence-electron chi connectivity index (χ4n) is 8.56. The lowest BCUT2D eigenvalue weighted by Gasteiger charge is -2.23. The minimum absolute atomic E-state index is 0.719. The second-order valence-corrected chi connectivity index (χ2v) is 13.6. The molecule has 0 saturated carbocycles. The van der Waals surface area contributed by atoms with Crippen molar-refractivity contribution < 1.29 is 0 Å². The fraction of sp³-hybridized carbons (Fsp3) is 0.0612. The van der Waals surface area contributed by atoms with Crippen molar-refractivity contribution in [2.75, 3.05) is 0 Å². The van der Waals surface area contributed by atoms with Gasteiger partial charge in [0.2, 0.25) is 0 Å². The summed E-state index contributed by atoms with van der Waals surface area (Å²) in [6.07, 6.45) is 13.2. The first-order valence-electron chi connectivity index (χ1n) is 18.1. The van der Waals surface area contributed by atoms with Crippen LogP contribution in [0, 0.1) is 0 Å². The summed E-state index contributed by atoms with van der Waals surface area (Å²) in [7, 11) is 0. The molecule has 0 saturated heterocycles. The normalized spacial score (nSPS) is 12.9. The molecular weight excluding hydrogens is 631 g/mol. The van der Waals surface area contributed by atoms with Crippen LogP contribution in [-0.2, 0) is 6.42 Å². The summed E-state index contributed by atoms with van der Waals surface area (Å²) >= 11 is 0. The molecule has 1 aliphatic carbocycles. The van der Waals surface area contributed by atoms with Crippen LogP contribution in [-0.4, -0.2) is 14.5 Å². The number of aryl methyl sites for hydroxylation is 1. The zero-order valence-corrected chi connectivity index (χ0v) is 29.0. The number of fused-ring (bicyclic) bond motifs is 11. The second-order valence-electron chi connectivity index (χ2n) is 13.6. The maximum Gasteiger partial charge on any atom is 0.160 e. The van der Waals surface area contributed by atoms with Crippen LogP contribution in [0.25, 0.3) is 101 Å². The summed E-state index contributed by atoms with van der Waals surface area (Å²) in [5.41, 5.74) is 12.7. The molecule has 0 radical (unpaired) electrons. The van der Waals surface area contributed by atoms with Gasteiger partial charge in [-0.15, -0.1) is 0 Å². The molecule has 0 N–H and O–H groups in total. The highest BCUT2D eigenvalue weighted by molar-refractivity contribution is 6.34. The molecule has 3 nitrogen and oxygen atoms in total. The summed E-state index contributed by atoms with van der Waals surface area (Å²) < 4.78 is 2.46. The Morgan fingerprint density at radius 2 is 1.35 bits per heavy atom. The molecule has 0 amide bonds. The van der Waals surface area contributed by atoms with E-state index in [9.17, 15) is 0 Å². The highest BCUT2D eigenvalue weighted by Gasteiger charge is 2.25. The molecule has 0 spiro atoms. The lowest BCUT2D eigenvalue weighted by molar-refractivity contribution is 0.997. The van der Waals surface area contributed by atoms with E-state index in [0.29, 0.717) is 0 Å². The Hall–Kier alpha value is -6.58. The summed E-state index contributed by atoms with van der Waals surface area (Å²) in [6.45, 7) is 6.48. The summed E-state index contributed by atoms with van der Waals surface area (Å²) in [6, 6.07) is 45.3. The summed E-state index contributed by atoms with van der Waals surface area (Å²) in [4.78, 5) is 10.2. The third-order valence-corrected chi connectivity index (χ3v) is 10.7. The largest absolute Gasteiger partial charge is 0.309 e. The van der Waals surface area contributed by atoms with Gasteiger partial charge in [0.15, 0.2) is 5.82 Å². The number of para-hydroxylation sites is 2. The van der Waals surface area contributed by atoms with E-state index in [-0.39, 0.29) is 0 Å². The van der Waals surface area contributed by atoms with Crippen molar-refractivity contribution in [3.8, 4) is 28.3 Å². The van der Waals surface area contributed by atoms with Crippen molar-refractivity contribution in [2.24, 2.45) is 0 Å². The van der Waals surface area contributed by atoms with E-state index in [1.165, 1.54) is 65.6 Å². The Bertz CT molecular complexity index is 2960. The Labute approximate surface area is 302 Å². The zero-order chi connectivity index (χ0) is 34.8. The van der Waals surface area contributed by atoms with E-state index in [1.807, 2.05) is 12.1 Å². The van der Waals surface area contributed by atoms with Crippen molar-refractivity contribution in [1.82, 2.24) is 14.5 Å². The zero-order valence-electron chi connectivity index (χ0n) is 29.0. The van der Waals surface area contributed by atoms with E-state index in [2.05, 4.69) is 164 Å². The van der Waals surface area contributed by atoms with Crippen molar-refractivity contribution in [1.29, 1.82) is 0 Å². The van der Waals surface area contributed by atoms with Crippen LogP contribution >= 0.6 is 0 Å². The molecule has 1 aliphatic rings. The van der Waals surface area contributed by atoms with Crippen molar-refractivity contribution in [3.63, 3.8) is 0 Å². The fourth-order valence-corrected chi connectivity index (χ4v) is 8.56. The number of rotatable bonds is 5. The average Bonchev–Trinajstić information content (AvgIpc) is 3.56. The van der Waals surface area contributed by atoms with Crippen LogP contribution in [0.4, 0.5) is 0 Å². The minimum Gasteiger partial charge on any atom is -0.309 e. The van der Waals surface area contributed by atoms with Crippen LogP contribution in [0.3, 0.4) is 0 Å². The predicted molar refractivity (Wildman–Crippen MR) is 222 cm³/mol. The van der Waals surface area contributed by atoms with Gasteiger partial charge in [0, 0.05) is 38.4 Å². The summed E-state index contributed by atoms with van der Waals surface area (Å²) in [5.74, 6) is 0.719. The van der Waals surface area contributed by atoms with Crippen LogP contribution in [0.5, 0.6) is 0 Å². The van der Waals surface area contributed by atoms with Gasteiger partial charge in [-0.2, -0.15) is 0 Å². The number of aromatic nitrogens is 3. The molecular formula is C49H35N3. The molecule has 7 aromatic carbocycles. The Balaban J connectivity index is 1.26. The number of hydrogen-bond donors (Lipinski definition) is 0. The Morgan fingerprint density at radius 3 is 2.13 bits per heavy atom. The maximum atomic E-state index is 5.15. The number of nitrogens with zero attached hydrogens (tertiary/aromatic N) is 3. The first kappa shape index (κ1) is 30.3. The van der Waals surface area contributed by atoms with Crippen molar-refractivity contribution in [3.05, 3.63) is 168 Å². The molecule has 0 atom stereocenters.